The van der Waals surface area contributed by atoms with E-state index in [2.05, 4.69) is 17.2 Å². The Morgan fingerprint density at radius 3 is 2.95 bits per heavy atom. The number of aliphatic hydroxyl groups is 1. The number of aliphatic hydroxyl groups excluding tert-OH is 1. The van der Waals surface area contributed by atoms with E-state index in [1.165, 1.54) is 6.26 Å². The fourth-order valence-corrected chi connectivity index (χ4v) is 1.66. The number of anilines is 1. The zero-order chi connectivity index (χ0) is 14.4. The first-order valence-electron chi connectivity index (χ1n) is 6.25. The third kappa shape index (κ3) is 3.74. The summed E-state index contributed by atoms with van der Waals surface area (Å²) in [6.45, 7) is 1.83. The molecule has 0 bridgehead atoms. The molecule has 20 heavy (non-hydrogen) atoms. The van der Waals surface area contributed by atoms with Crippen molar-refractivity contribution in [3.05, 3.63) is 53.5 Å². The van der Waals surface area contributed by atoms with Gasteiger partial charge in [-0.1, -0.05) is 17.9 Å². The minimum Gasteiger partial charge on any atom is -0.469 e. The molecule has 0 aliphatic rings. The molecule has 0 radical (unpaired) electrons. The topological polar surface area (TPSA) is 62.5 Å². The third-order valence-electron chi connectivity index (χ3n) is 2.58. The van der Waals surface area contributed by atoms with Gasteiger partial charge in [-0.15, -0.1) is 0 Å². The molecular weight excluding hydrogens is 254 g/mol. The molecule has 2 N–H and O–H groups in total. The molecule has 0 atom stereocenters. The smallest absolute Gasteiger partial charge is 0.258 e. The Hall–Kier alpha value is -2.51. The van der Waals surface area contributed by atoms with Crippen molar-refractivity contribution in [2.45, 2.75) is 13.3 Å². The number of rotatable bonds is 3. The summed E-state index contributed by atoms with van der Waals surface area (Å²) in [5, 5.41) is 11.5. The molecule has 0 spiro atoms. The van der Waals surface area contributed by atoms with E-state index in [1.807, 2.05) is 12.1 Å². The molecule has 1 heterocycles. The summed E-state index contributed by atoms with van der Waals surface area (Å²) in [7, 11) is 0. The summed E-state index contributed by atoms with van der Waals surface area (Å²) in [4.78, 5) is 12.0. The number of hydrogen-bond acceptors (Lipinski definition) is 3. The Bertz CT molecular complexity index is 662. The fourth-order valence-electron chi connectivity index (χ4n) is 1.66. The number of carbonyl (C=O) groups is 1. The van der Waals surface area contributed by atoms with Crippen molar-refractivity contribution in [1.29, 1.82) is 0 Å². The molecule has 0 saturated heterocycles. The van der Waals surface area contributed by atoms with Crippen LogP contribution in [0, 0.1) is 18.8 Å². The minimum atomic E-state index is -0.220. The predicted molar refractivity (Wildman–Crippen MR) is 76.4 cm³/mol. The van der Waals surface area contributed by atoms with Crippen LogP contribution in [-0.4, -0.2) is 17.6 Å². The molecule has 0 fully saturated rings. The standard InChI is InChI=1S/C16H15NO3/c1-12-9-14(11-20-12)16(19)17-15-7-4-6-13(10-15)5-2-3-8-18/h4,6-7,9-11,18H,3,8H2,1H3,(H,17,19). The van der Waals surface area contributed by atoms with Gasteiger partial charge in [-0.2, -0.15) is 0 Å². The molecule has 102 valence electrons. The minimum absolute atomic E-state index is 0.0449. The quantitative estimate of drug-likeness (QED) is 0.842. The van der Waals surface area contributed by atoms with Gasteiger partial charge in [-0.3, -0.25) is 4.79 Å². The normalized spacial score (nSPS) is 9.70. The SMILES string of the molecule is Cc1cc(C(=O)Nc2cccc(C#CCCO)c2)co1. The molecule has 4 nitrogen and oxygen atoms in total. The van der Waals surface area contributed by atoms with E-state index in [1.54, 1.807) is 25.1 Å². The molecule has 0 saturated carbocycles. The van der Waals surface area contributed by atoms with Crippen molar-refractivity contribution in [1.82, 2.24) is 0 Å². The van der Waals surface area contributed by atoms with E-state index in [9.17, 15) is 4.79 Å². The van der Waals surface area contributed by atoms with Crippen LogP contribution in [0.5, 0.6) is 0 Å². The zero-order valence-corrected chi connectivity index (χ0v) is 11.1. The van der Waals surface area contributed by atoms with Gasteiger partial charge < -0.3 is 14.8 Å². The van der Waals surface area contributed by atoms with Crippen molar-refractivity contribution >= 4 is 11.6 Å². The maximum Gasteiger partial charge on any atom is 0.258 e. The molecule has 2 rings (SSSR count). The third-order valence-corrected chi connectivity index (χ3v) is 2.58. The van der Waals surface area contributed by atoms with Gasteiger partial charge in [-0.25, -0.2) is 0 Å². The Morgan fingerprint density at radius 1 is 1.40 bits per heavy atom. The lowest BCUT2D eigenvalue weighted by molar-refractivity contribution is 0.102. The Morgan fingerprint density at radius 2 is 2.25 bits per heavy atom. The summed E-state index contributed by atoms with van der Waals surface area (Å²) in [5.41, 5.74) is 1.95. The second kappa shape index (κ2) is 6.60. The van der Waals surface area contributed by atoms with Gasteiger partial charge in [0.15, 0.2) is 0 Å². The number of benzene rings is 1. The van der Waals surface area contributed by atoms with Crippen LogP contribution in [-0.2, 0) is 0 Å². The number of amides is 1. The van der Waals surface area contributed by atoms with Crippen molar-refractivity contribution in [3.8, 4) is 11.8 Å². The Balaban J connectivity index is 2.08. The van der Waals surface area contributed by atoms with Crippen molar-refractivity contribution in [2.24, 2.45) is 0 Å². The van der Waals surface area contributed by atoms with E-state index in [0.29, 0.717) is 23.4 Å². The first kappa shape index (κ1) is 13.9. The summed E-state index contributed by atoms with van der Waals surface area (Å²) in [6.07, 6.45) is 1.86. The maximum absolute atomic E-state index is 12.0. The van der Waals surface area contributed by atoms with Crippen LogP contribution in [0.4, 0.5) is 5.69 Å². The summed E-state index contributed by atoms with van der Waals surface area (Å²) in [6, 6.07) is 8.93. The van der Waals surface area contributed by atoms with Crippen molar-refractivity contribution in [3.63, 3.8) is 0 Å². The second-order valence-electron chi connectivity index (χ2n) is 4.26. The Kier molecular flexibility index (Phi) is 4.59. The lowest BCUT2D eigenvalue weighted by Gasteiger charge is -2.03. The first-order valence-corrected chi connectivity index (χ1v) is 6.25. The maximum atomic E-state index is 12.0. The average Bonchev–Trinajstić information content (AvgIpc) is 2.86. The van der Waals surface area contributed by atoms with Gasteiger partial charge in [0.2, 0.25) is 0 Å². The van der Waals surface area contributed by atoms with Crippen LogP contribution < -0.4 is 5.32 Å². The number of carbonyl (C=O) groups excluding carboxylic acids is 1. The van der Waals surface area contributed by atoms with E-state index >= 15 is 0 Å². The highest BCUT2D eigenvalue weighted by Gasteiger charge is 2.08. The molecule has 1 amide bonds. The molecule has 4 heteroatoms. The molecule has 0 aliphatic carbocycles. The lowest BCUT2D eigenvalue weighted by Crippen LogP contribution is -2.10. The van der Waals surface area contributed by atoms with Gasteiger partial charge in [0.05, 0.1) is 12.2 Å². The van der Waals surface area contributed by atoms with Gasteiger partial charge in [0, 0.05) is 17.7 Å². The predicted octanol–water partition coefficient (Wildman–Crippen LogP) is 2.57. The fraction of sp³-hybridized carbons (Fsp3) is 0.188. The first-order chi connectivity index (χ1) is 9.69. The van der Waals surface area contributed by atoms with Crippen LogP contribution in [0.2, 0.25) is 0 Å². The number of nitrogens with one attached hydrogen (secondary N) is 1. The summed E-state index contributed by atoms with van der Waals surface area (Å²) in [5.74, 6) is 6.24. The molecular formula is C16H15NO3. The lowest BCUT2D eigenvalue weighted by atomic mass is 10.2. The monoisotopic (exact) mass is 269 g/mol. The number of hydrogen-bond donors (Lipinski definition) is 2. The highest BCUT2D eigenvalue weighted by atomic mass is 16.3. The van der Waals surface area contributed by atoms with Gasteiger partial charge in [0.25, 0.3) is 5.91 Å². The average molecular weight is 269 g/mol. The van der Waals surface area contributed by atoms with Crippen LogP contribution in [0.15, 0.2) is 41.0 Å². The van der Waals surface area contributed by atoms with Gasteiger partial charge in [-0.05, 0) is 31.2 Å². The number of furan rings is 1. The molecule has 1 aromatic carbocycles. The Labute approximate surface area is 117 Å². The van der Waals surface area contributed by atoms with Crippen LogP contribution in [0.3, 0.4) is 0 Å². The van der Waals surface area contributed by atoms with E-state index in [4.69, 9.17) is 9.52 Å². The summed E-state index contributed by atoms with van der Waals surface area (Å²) < 4.78 is 5.11. The highest BCUT2D eigenvalue weighted by Crippen LogP contribution is 2.13. The second-order valence-corrected chi connectivity index (χ2v) is 4.26. The largest absolute Gasteiger partial charge is 0.469 e. The van der Waals surface area contributed by atoms with Gasteiger partial charge >= 0.3 is 0 Å². The van der Waals surface area contributed by atoms with E-state index in [-0.39, 0.29) is 12.5 Å². The van der Waals surface area contributed by atoms with Crippen LogP contribution in [0.1, 0.15) is 28.1 Å². The van der Waals surface area contributed by atoms with Crippen molar-refractivity contribution in [2.75, 3.05) is 11.9 Å². The van der Waals surface area contributed by atoms with E-state index < -0.39 is 0 Å². The van der Waals surface area contributed by atoms with Crippen LogP contribution >= 0.6 is 0 Å². The number of aryl methyl sites for hydroxylation is 1. The van der Waals surface area contributed by atoms with Gasteiger partial charge in [0.1, 0.15) is 12.0 Å². The van der Waals surface area contributed by atoms with Crippen LogP contribution in [0.25, 0.3) is 0 Å². The summed E-state index contributed by atoms with van der Waals surface area (Å²) >= 11 is 0. The zero-order valence-electron chi connectivity index (χ0n) is 11.1. The molecule has 2 aromatic rings. The molecule has 0 unspecified atom stereocenters. The highest BCUT2D eigenvalue weighted by molar-refractivity contribution is 6.04. The van der Waals surface area contributed by atoms with E-state index in [0.717, 1.165) is 5.56 Å². The van der Waals surface area contributed by atoms with Crippen molar-refractivity contribution < 1.29 is 14.3 Å². The molecule has 1 aromatic heterocycles. The molecule has 0 aliphatic heterocycles.